The van der Waals surface area contributed by atoms with Gasteiger partial charge in [0.15, 0.2) is 11.3 Å². The molecule has 5 heteroatoms. The highest BCUT2D eigenvalue weighted by Gasteiger charge is 2.47. The summed E-state index contributed by atoms with van der Waals surface area (Å²) in [5.41, 5.74) is 1.33. The molecule has 2 N–H and O–H groups in total. The second-order valence-corrected chi connectivity index (χ2v) is 6.24. The van der Waals surface area contributed by atoms with Gasteiger partial charge in [-0.05, 0) is 38.3 Å². The molecule has 116 valence electrons. The minimum atomic E-state index is -0.0630. The smallest absolute Gasteiger partial charge is 0.255 e. The van der Waals surface area contributed by atoms with E-state index in [4.69, 9.17) is 9.15 Å². The predicted octanol–water partition coefficient (Wildman–Crippen LogP) is 2.46. The van der Waals surface area contributed by atoms with E-state index in [1.165, 1.54) is 12.7 Å². The number of rotatable bonds is 3. The SMILES string of the molecule is COc1cccc2c(C(=O)NC3CCNC34CCC4)coc12. The third-order valence-electron chi connectivity index (χ3n) is 5.16. The molecule has 1 aliphatic carbocycles. The lowest BCUT2D eigenvalue weighted by Crippen LogP contribution is -2.59. The van der Waals surface area contributed by atoms with Crippen molar-refractivity contribution in [2.24, 2.45) is 0 Å². The molecule has 2 fully saturated rings. The van der Waals surface area contributed by atoms with Gasteiger partial charge in [0.25, 0.3) is 5.91 Å². The van der Waals surface area contributed by atoms with Crippen LogP contribution in [-0.2, 0) is 0 Å². The summed E-state index contributed by atoms with van der Waals surface area (Å²) >= 11 is 0. The number of hydrogen-bond donors (Lipinski definition) is 2. The first-order valence-electron chi connectivity index (χ1n) is 7.84. The maximum absolute atomic E-state index is 12.7. The lowest BCUT2D eigenvalue weighted by molar-refractivity contribution is 0.0882. The van der Waals surface area contributed by atoms with E-state index in [0.717, 1.165) is 31.2 Å². The van der Waals surface area contributed by atoms with Gasteiger partial charge in [0, 0.05) is 17.0 Å². The lowest BCUT2D eigenvalue weighted by atomic mass is 9.73. The average Bonchev–Trinajstić information content (AvgIpc) is 3.09. The fourth-order valence-corrected chi connectivity index (χ4v) is 3.76. The minimum absolute atomic E-state index is 0.0630. The van der Waals surface area contributed by atoms with E-state index < -0.39 is 0 Å². The molecule has 0 radical (unpaired) electrons. The third kappa shape index (κ3) is 1.92. The van der Waals surface area contributed by atoms with Gasteiger partial charge >= 0.3 is 0 Å². The zero-order valence-corrected chi connectivity index (χ0v) is 12.6. The second-order valence-electron chi connectivity index (χ2n) is 6.24. The van der Waals surface area contributed by atoms with Crippen molar-refractivity contribution in [3.8, 4) is 5.75 Å². The van der Waals surface area contributed by atoms with Crippen molar-refractivity contribution in [3.63, 3.8) is 0 Å². The molecular weight excluding hydrogens is 280 g/mol. The average molecular weight is 300 g/mol. The van der Waals surface area contributed by atoms with Gasteiger partial charge in [-0.3, -0.25) is 4.79 Å². The molecule has 1 atom stereocenters. The number of furan rings is 1. The van der Waals surface area contributed by atoms with Gasteiger partial charge in [0.05, 0.1) is 12.7 Å². The van der Waals surface area contributed by atoms with Gasteiger partial charge < -0.3 is 19.8 Å². The summed E-state index contributed by atoms with van der Waals surface area (Å²) in [4.78, 5) is 12.7. The molecule has 1 aromatic heterocycles. The molecule has 1 aromatic carbocycles. The number of carbonyl (C=O) groups is 1. The first kappa shape index (κ1) is 13.6. The quantitative estimate of drug-likeness (QED) is 0.914. The number of carbonyl (C=O) groups excluding carboxylic acids is 1. The summed E-state index contributed by atoms with van der Waals surface area (Å²) < 4.78 is 10.8. The van der Waals surface area contributed by atoms with Crippen molar-refractivity contribution in [1.82, 2.24) is 10.6 Å². The van der Waals surface area contributed by atoms with Crippen LogP contribution in [0.4, 0.5) is 0 Å². The van der Waals surface area contributed by atoms with Crippen LogP contribution in [0.25, 0.3) is 11.0 Å². The molecule has 1 aliphatic heterocycles. The molecule has 1 amide bonds. The van der Waals surface area contributed by atoms with E-state index in [1.807, 2.05) is 18.2 Å². The van der Waals surface area contributed by atoms with Crippen LogP contribution in [0, 0.1) is 0 Å². The summed E-state index contributed by atoms with van der Waals surface area (Å²) in [5, 5.41) is 7.57. The van der Waals surface area contributed by atoms with Crippen molar-refractivity contribution >= 4 is 16.9 Å². The third-order valence-corrected chi connectivity index (χ3v) is 5.16. The maximum atomic E-state index is 12.7. The second kappa shape index (κ2) is 5.02. The Labute approximate surface area is 129 Å². The van der Waals surface area contributed by atoms with Crippen molar-refractivity contribution in [1.29, 1.82) is 0 Å². The Kier molecular flexibility index (Phi) is 3.11. The largest absolute Gasteiger partial charge is 0.493 e. The Morgan fingerprint density at radius 3 is 3.05 bits per heavy atom. The highest BCUT2D eigenvalue weighted by molar-refractivity contribution is 6.07. The van der Waals surface area contributed by atoms with Gasteiger partial charge in [0.2, 0.25) is 0 Å². The van der Waals surface area contributed by atoms with Crippen molar-refractivity contribution in [2.75, 3.05) is 13.7 Å². The van der Waals surface area contributed by atoms with Crippen LogP contribution in [0.15, 0.2) is 28.9 Å². The molecule has 2 aliphatic rings. The molecule has 1 unspecified atom stereocenters. The number of methoxy groups -OCH3 is 1. The van der Waals surface area contributed by atoms with Crippen LogP contribution in [-0.4, -0.2) is 31.1 Å². The van der Waals surface area contributed by atoms with Crippen LogP contribution >= 0.6 is 0 Å². The van der Waals surface area contributed by atoms with Crippen LogP contribution in [0.2, 0.25) is 0 Å². The fraction of sp³-hybridized carbons (Fsp3) is 0.471. The Hall–Kier alpha value is -2.01. The number of fused-ring (bicyclic) bond motifs is 1. The lowest BCUT2D eigenvalue weighted by Gasteiger charge is -2.43. The monoisotopic (exact) mass is 300 g/mol. The van der Waals surface area contributed by atoms with E-state index in [0.29, 0.717) is 16.9 Å². The molecule has 1 saturated carbocycles. The summed E-state index contributed by atoms with van der Waals surface area (Å²) in [6.07, 6.45) is 6.06. The maximum Gasteiger partial charge on any atom is 0.255 e. The normalized spacial score (nSPS) is 22.7. The molecule has 1 spiro atoms. The summed E-state index contributed by atoms with van der Waals surface area (Å²) in [6, 6.07) is 5.81. The zero-order chi connectivity index (χ0) is 15.2. The Morgan fingerprint density at radius 1 is 1.45 bits per heavy atom. The van der Waals surface area contributed by atoms with E-state index in [9.17, 15) is 4.79 Å². The molecule has 2 heterocycles. The van der Waals surface area contributed by atoms with Crippen molar-refractivity contribution in [2.45, 2.75) is 37.3 Å². The van der Waals surface area contributed by atoms with Crippen LogP contribution in [0.1, 0.15) is 36.0 Å². The molecule has 4 rings (SSSR count). The summed E-state index contributed by atoms with van der Waals surface area (Å²) in [5.74, 6) is 0.585. The number of amides is 1. The fourth-order valence-electron chi connectivity index (χ4n) is 3.76. The number of nitrogens with one attached hydrogen (secondary N) is 2. The van der Waals surface area contributed by atoms with Gasteiger partial charge in [-0.25, -0.2) is 0 Å². The molecule has 0 bridgehead atoms. The van der Waals surface area contributed by atoms with Gasteiger partial charge in [-0.15, -0.1) is 0 Å². The number of ether oxygens (including phenoxy) is 1. The molecule has 22 heavy (non-hydrogen) atoms. The standard InChI is InChI=1S/C17H20N2O3/c1-21-13-5-2-4-11-12(10-22-15(11)13)16(20)19-14-6-9-18-17(14)7-3-8-17/h2,4-5,10,14,18H,3,6-9H2,1H3,(H,19,20). The number of hydrogen-bond acceptors (Lipinski definition) is 4. The number of benzene rings is 1. The number of para-hydroxylation sites is 1. The van der Waals surface area contributed by atoms with E-state index in [1.54, 1.807) is 7.11 Å². The predicted molar refractivity (Wildman–Crippen MR) is 83.2 cm³/mol. The highest BCUT2D eigenvalue weighted by atomic mass is 16.5. The highest BCUT2D eigenvalue weighted by Crippen LogP contribution is 2.39. The molecule has 2 aromatic rings. The van der Waals surface area contributed by atoms with Crippen molar-refractivity contribution < 1.29 is 13.9 Å². The first-order valence-corrected chi connectivity index (χ1v) is 7.84. The van der Waals surface area contributed by atoms with Gasteiger partial charge in [0.1, 0.15) is 6.26 Å². The van der Waals surface area contributed by atoms with Crippen molar-refractivity contribution in [3.05, 3.63) is 30.0 Å². The summed E-state index contributed by atoms with van der Waals surface area (Å²) in [6.45, 7) is 0.977. The van der Waals surface area contributed by atoms with Crippen LogP contribution < -0.4 is 15.4 Å². The van der Waals surface area contributed by atoms with E-state index in [-0.39, 0.29) is 17.5 Å². The molecular formula is C17H20N2O3. The molecule has 1 saturated heterocycles. The van der Waals surface area contributed by atoms with Gasteiger partial charge in [-0.2, -0.15) is 0 Å². The Balaban J connectivity index is 1.61. The Bertz CT molecular complexity index is 718. The molecule has 5 nitrogen and oxygen atoms in total. The van der Waals surface area contributed by atoms with Gasteiger partial charge in [-0.1, -0.05) is 12.1 Å². The van der Waals surface area contributed by atoms with E-state index >= 15 is 0 Å². The van der Waals surface area contributed by atoms with Crippen LogP contribution in [0.3, 0.4) is 0 Å². The van der Waals surface area contributed by atoms with E-state index in [2.05, 4.69) is 10.6 Å². The minimum Gasteiger partial charge on any atom is -0.493 e. The topological polar surface area (TPSA) is 63.5 Å². The Morgan fingerprint density at radius 2 is 2.32 bits per heavy atom. The van der Waals surface area contributed by atoms with Crippen LogP contribution in [0.5, 0.6) is 5.75 Å². The summed E-state index contributed by atoms with van der Waals surface area (Å²) in [7, 11) is 1.60. The zero-order valence-electron chi connectivity index (χ0n) is 12.6. The first-order chi connectivity index (χ1) is 10.7.